The fourth-order valence-electron chi connectivity index (χ4n) is 1.81. The fourth-order valence-corrected chi connectivity index (χ4v) is 3.49. The molecule has 1 N–H and O–H groups in total. The number of rotatable bonds is 5. The lowest BCUT2D eigenvalue weighted by atomic mass is 10.2. The first-order chi connectivity index (χ1) is 8.43. The molecule has 1 atom stereocenters. The highest BCUT2D eigenvalue weighted by atomic mass is 35.5. The standard InChI is InChI=1S/C12H16ClNO3S/c1-14(8-11(15)9-6-7-9)18(16,17)12-5-3-2-4-10(12)13/h2-5,9,11,15H,6-8H2,1H3. The first-order valence-corrected chi connectivity index (χ1v) is 7.63. The molecular formula is C12H16ClNO3S. The van der Waals surface area contributed by atoms with Gasteiger partial charge in [-0.25, -0.2) is 8.42 Å². The van der Waals surface area contributed by atoms with Gasteiger partial charge in [0.05, 0.1) is 11.1 Å². The van der Waals surface area contributed by atoms with Crippen molar-refractivity contribution in [2.45, 2.75) is 23.8 Å². The predicted molar refractivity (Wildman–Crippen MR) is 70.0 cm³/mol. The van der Waals surface area contributed by atoms with Crippen molar-refractivity contribution in [2.24, 2.45) is 5.92 Å². The molecule has 1 unspecified atom stereocenters. The average Bonchev–Trinajstić information content (AvgIpc) is 3.12. The number of aliphatic hydroxyl groups is 1. The number of likely N-dealkylation sites (N-methyl/N-ethyl adjacent to an activating group) is 1. The van der Waals surface area contributed by atoms with Crippen molar-refractivity contribution in [3.63, 3.8) is 0 Å². The summed E-state index contributed by atoms with van der Waals surface area (Å²) in [5, 5.41) is 10.00. The molecule has 1 aromatic rings. The van der Waals surface area contributed by atoms with Gasteiger partial charge in [0.25, 0.3) is 0 Å². The SMILES string of the molecule is CN(CC(O)C1CC1)S(=O)(=O)c1ccccc1Cl. The van der Waals surface area contributed by atoms with E-state index in [9.17, 15) is 13.5 Å². The number of halogens is 1. The van der Waals surface area contributed by atoms with E-state index in [1.165, 1.54) is 13.1 Å². The zero-order valence-electron chi connectivity index (χ0n) is 10.1. The van der Waals surface area contributed by atoms with E-state index in [0.29, 0.717) is 0 Å². The lowest BCUT2D eigenvalue weighted by Gasteiger charge is -2.20. The predicted octanol–water partition coefficient (Wildman–Crippen LogP) is 1.73. The summed E-state index contributed by atoms with van der Waals surface area (Å²) in [7, 11) is -2.17. The summed E-state index contributed by atoms with van der Waals surface area (Å²) in [6.45, 7) is 0.109. The minimum atomic E-state index is -3.63. The van der Waals surface area contributed by atoms with Gasteiger partial charge in [0.1, 0.15) is 4.90 Å². The Hall–Kier alpha value is -0.620. The average molecular weight is 290 g/mol. The number of nitrogens with zero attached hydrogens (tertiary/aromatic N) is 1. The zero-order chi connectivity index (χ0) is 13.3. The minimum Gasteiger partial charge on any atom is -0.391 e. The van der Waals surface area contributed by atoms with Crippen LogP contribution in [0.1, 0.15) is 12.8 Å². The molecule has 1 aliphatic carbocycles. The third-order valence-electron chi connectivity index (χ3n) is 3.14. The molecule has 100 valence electrons. The van der Waals surface area contributed by atoms with Gasteiger partial charge >= 0.3 is 0 Å². The van der Waals surface area contributed by atoms with Gasteiger partial charge < -0.3 is 5.11 Å². The Labute approximate surface area is 112 Å². The Kier molecular flexibility index (Phi) is 3.96. The van der Waals surface area contributed by atoms with Crippen molar-refractivity contribution < 1.29 is 13.5 Å². The van der Waals surface area contributed by atoms with E-state index < -0.39 is 16.1 Å². The lowest BCUT2D eigenvalue weighted by molar-refractivity contribution is 0.131. The van der Waals surface area contributed by atoms with Gasteiger partial charge in [0, 0.05) is 13.6 Å². The van der Waals surface area contributed by atoms with Crippen molar-refractivity contribution in [3.8, 4) is 0 Å². The van der Waals surface area contributed by atoms with Gasteiger partial charge in [-0.3, -0.25) is 0 Å². The van der Waals surface area contributed by atoms with Crippen molar-refractivity contribution in [1.82, 2.24) is 4.31 Å². The summed E-state index contributed by atoms with van der Waals surface area (Å²) in [6.07, 6.45) is 1.36. The number of benzene rings is 1. The molecule has 1 aromatic carbocycles. The highest BCUT2D eigenvalue weighted by Gasteiger charge is 2.33. The maximum absolute atomic E-state index is 12.3. The summed E-state index contributed by atoms with van der Waals surface area (Å²) >= 11 is 5.90. The Bertz CT molecular complexity index is 528. The third kappa shape index (κ3) is 2.85. The summed E-state index contributed by atoms with van der Waals surface area (Å²) in [5.41, 5.74) is 0. The Morgan fingerprint density at radius 2 is 2.06 bits per heavy atom. The molecule has 18 heavy (non-hydrogen) atoms. The quantitative estimate of drug-likeness (QED) is 0.898. The van der Waals surface area contributed by atoms with E-state index in [-0.39, 0.29) is 22.4 Å². The lowest BCUT2D eigenvalue weighted by Crippen LogP contribution is -2.35. The van der Waals surface area contributed by atoms with Crippen LogP contribution in [0, 0.1) is 5.92 Å². The number of sulfonamides is 1. The normalized spacial score (nSPS) is 18.0. The van der Waals surface area contributed by atoms with Crippen LogP contribution in [0.5, 0.6) is 0 Å². The maximum Gasteiger partial charge on any atom is 0.244 e. The van der Waals surface area contributed by atoms with Gasteiger partial charge in [-0.05, 0) is 30.9 Å². The highest BCUT2D eigenvalue weighted by Crippen LogP contribution is 2.33. The van der Waals surface area contributed by atoms with Crippen LogP contribution in [-0.4, -0.2) is 37.5 Å². The van der Waals surface area contributed by atoms with Crippen molar-refractivity contribution in [3.05, 3.63) is 29.3 Å². The van der Waals surface area contributed by atoms with Gasteiger partial charge in [-0.1, -0.05) is 23.7 Å². The van der Waals surface area contributed by atoms with E-state index in [2.05, 4.69) is 0 Å². The Balaban J connectivity index is 2.17. The topological polar surface area (TPSA) is 57.6 Å². The smallest absolute Gasteiger partial charge is 0.244 e. The Morgan fingerprint density at radius 1 is 1.44 bits per heavy atom. The first-order valence-electron chi connectivity index (χ1n) is 5.82. The van der Waals surface area contributed by atoms with Crippen LogP contribution in [0.2, 0.25) is 5.02 Å². The molecule has 1 fully saturated rings. The second kappa shape index (κ2) is 5.17. The molecular weight excluding hydrogens is 274 g/mol. The molecule has 0 radical (unpaired) electrons. The molecule has 0 heterocycles. The van der Waals surface area contributed by atoms with Crippen LogP contribution in [0.3, 0.4) is 0 Å². The van der Waals surface area contributed by atoms with E-state index >= 15 is 0 Å². The number of hydrogen-bond acceptors (Lipinski definition) is 3. The largest absolute Gasteiger partial charge is 0.391 e. The van der Waals surface area contributed by atoms with Crippen LogP contribution in [-0.2, 0) is 10.0 Å². The molecule has 0 amide bonds. The molecule has 6 heteroatoms. The highest BCUT2D eigenvalue weighted by molar-refractivity contribution is 7.89. The van der Waals surface area contributed by atoms with Crippen LogP contribution >= 0.6 is 11.6 Å². The summed E-state index contributed by atoms with van der Waals surface area (Å²) in [4.78, 5) is 0.0807. The van der Waals surface area contributed by atoms with E-state index in [1.54, 1.807) is 18.2 Å². The second-order valence-corrected chi connectivity index (χ2v) is 7.04. The van der Waals surface area contributed by atoms with E-state index in [1.807, 2.05) is 0 Å². The maximum atomic E-state index is 12.3. The second-order valence-electron chi connectivity index (χ2n) is 4.62. The summed E-state index contributed by atoms with van der Waals surface area (Å²) in [6, 6.07) is 6.32. The van der Waals surface area contributed by atoms with Crippen LogP contribution in [0.25, 0.3) is 0 Å². The van der Waals surface area contributed by atoms with Crippen molar-refractivity contribution >= 4 is 21.6 Å². The van der Waals surface area contributed by atoms with E-state index in [0.717, 1.165) is 17.1 Å². The number of aliphatic hydroxyl groups excluding tert-OH is 1. The first kappa shape index (κ1) is 13.8. The third-order valence-corrected chi connectivity index (χ3v) is 5.46. The van der Waals surface area contributed by atoms with Crippen LogP contribution < -0.4 is 0 Å². The molecule has 1 saturated carbocycles. The summed E-state index contributed by atoms with van der Waals surface area (Å²) < 4.78 is 25.7. The van der Waals surface area contributed by atoms with Crippen LogP contribution in [0.4, 0.5) is 0 Å². The van der Waals surface area contributed by atoms with Gasteiger partial charge in [-0.15, -0.1) is 0 Å². The molecule has 4 nitrogen and oxygen atoms in total. The molecule has 0 saturated heterocycles. The molecule has 1 aliphatic rings. The molecule has 0 aliphatic heterocycles. The zero-order valence-corrected chi connectivity index (χ0v) is 11.7. The van der Waals surface area contributed by atoms with Crippen molar-refractivity contribution in [2.75, 3.05) is 13.6 Å². The van der Waals surface area contributed by atoms with Gasteiger partial charge in [-0.2, -0.15) is 4.31 Å². The summed E-state index contributed by atoms with van der Waals surface area (Å²) in [5.74, 6) is 0.244. The minimum absolute atomic E-state index is 0.0807. The number of hydrogen-bond donors (Lipinski definition) is 1. The molecule has 0 spiro atoms. The van der Waals surface area contributed by atoms with Gasteiger partial charge in [0.15, 0.2) is 0 Å². The Morgan fingerprint density at radius 3 is 2.61 bits per heavy atom. The molecule has 2 rings (SSSR count). The van der Waals surface area contributed by atoms with Crippen molar-refractivity contribution in [1.29, 1.82) is 0 Å². The van der Waals surface area contributed by atoms with E-state index in [4.69, 9.17) is 11.6 Å². The van der Waals surface area contributed by atoms with Crippen LogP contribution in [0.15, 0.2) is 29.2 Å². The molecule has 0 bridgehead atoms. The molecule has 0 aromatic heterocycles. The van der Waals surface area contributed by atoms with Gasteiger partial charge in [0.2, 0.25) is 10.0 Å². The monoisotopic (exact) mass is 289 g/mol. The fraction of sp³-hybridized carbons (Fsp3) is 0.500.